The van der Waals surface area contributed by atoms with E-state index in [0.717, 1.165) is 10.0 Å². The van der Waals surface area contributed by atoms with Crippen LogP contribution in [0.3, 0.4) is 0 Å². The SMILES string of the molecule is O=C(Cc1cc2c(cc1Br)OCCO2)NCC(O)c1ccc(Cl)cc1. The fourth-order valence-electron chi connectivity index (χ4n) is 2.49. The molecule has 1 amide bonds. The fourth-order valence-corrected chi connectivity index (χ4v) is 3.08. The van der Waals surface area contributed by atoms with Crippen molar-refractivity contribution >= 4 is 33.4 Å². The Kier molecular flexibility index (Phi) is 5.83. The Bertz CT molecular complexity index is 766. The van der Waals surface area contributed by atoms with Crippen molar-refractivity contribution in [3.63, 3.8) is 0 Å². The van der Waals surface area contributed by atoms with Gasteiger partial charge in [0, 0.05) is 16.0 Å². The average molecular weight is 427 g/mol. The van der Waals surface area contributed by atoms with Crippen molar-refractivity contribution in [2.45, 2.75) is 12.5 Å². The monoisotopic (exact) mass is 425 g/mol. The van der Waals surface area contributed by atoms with Crippen LogP contribution in [0, 0.1) is 0 Å². The number of nitrogens with one attached hydrogen (secondary N) is 1. The Morgan fingerprint density at radius 2 is 1.84 bits per heavy atom. The van der Waals surface area contributed by atoms with Crippen molar-refractivity contribution in [3.8, 4) is 11.5 Å². The third-order valence-electron chi connectivity index (χ3n) is 3.81. The molecule has 0 aromatic heterocycles. The largest absolute Gasteiger partial charge is 0.486 e. The summed E-state index contributed by atoms with van der Waals surface area (Å²) >= 11 is 9.27. The topological polar surface area (TPSA) is 67.8 Å². The van der Waals surface area contributed by atoms with E-state index in [1.54, 1.807) is 36.4 Å². The van der Waals surface area contributed by atoms with E-state index in [1.165, 1.54) is 0 Å². The van der Waals surface area contributed by atoms with Gasteiger partial charge in [-0.25, -0.2) is 0 Å². The highest BCUT2D eigenvalue weighted by molar-refractivity contribution is 9.10. The first kappa shape index (κ1) is 18.0. The molecule has 1 atom stereocenters. The molecule has 7 heteroatoms. The zero-order valence-corrected chi connectivity index (χ0v) is 15.6. The molecule has 0 fully saturated rings. The van der Waals surface area contributed by atoms with Crippen molar-refractivity contribution in [2.24, 2.45) is 0 Å². The highest BCUT2D eigenvalue weighted by Crippen LogP contribution is 2.35. The first-order chi connectivity index (χ1) is 12.0. The number of aliphatic hydroxyl groups is 1. The van der Waals surface area contributed by atoms with Gasteiger partial charge >= 0.3 is 0 Å². The molecule has 0 radical (unpaired) electrons. The molecule has 1 unspecified atom stereocenters. The molecule has 0 bridgehead atoms. The van der Waals surface area contributed by atoms with E-state index in [4.69, 9.17) is 21.1 Å². The Morgan fingerprint density at radius 3 is 2.52 bits per heavy atom. The molecule has 0 spiro atoms. The van der Waals surface area contributed by atoms with Crippen LogP contribution < -0.4 is 14.8 Å². The van der Waals surface area contributed by atoms with Gasteiger partial charge in [0.05, 0.1) is 12.5 Å². The minimum Gasteiger partial charge on any atom is -0.486 e. The van der Waals surface area contributed by atoms with E-state index in [2.05, 4.69) is 21.2 Å². The highest BCUT2D eigenvalue weighted by Gasteiger charge is 2.17. The molecule has 0 aliphatic carbocycles. The first-order valence-electron chi connectivity index (χ1n) is 7.81. The van der Waals surface area contributed by atoms with Crippen LogP contribution in [-0.4, -0.2) is 30.8 Å². The normalized spacial score (nSPS) is 14.0. The molecule has 2 aromatic carbocycles. The lowest BCUT2D eigenvalue weighted by Gasteiger charge is -2.20. The third kappa shape index (κ3) is 4.66. The maximum atomic E-state index is 12.2. The molecular weight excluding hydrogens is 410 g/mol. The van der Waals surface area contributed by atoms with Gasteiger partial charge in [0.25, 0.3) is 0 Å². The van der Waals surface area contributed by atoms with Gasteiger partial charge in [0.1, 0.15) is 13.2 Å². The van der Waals surface area contributed by atoms with Gasteiger partial charge < -0.3 is 19.9 Å². The zero-order chi connectivity index (χ0) is 17.8. The third-order valence-corrected chi connectivity index (χ3v) is 4.80. The van der Waals surface area contributed by atoms with Gasteiger partial charge in [-0.2, -0.15) is 0 Å². The number of ether oxygens (including phenoxy) is 2. The summed E-state index contributed by atoms with van der Waals surface area (Å²) in [6, 6.07) is 10.5. The van der Waals surface area contributed by atoms with Crippen LogP contribution in [0.25, 0.3) is 0 Å². The number of halogens is 2. The summed E-state index contributed by atoms with van der Waals surface area (Å²) in [6.45, 7) is 1.14. The van der Waals surface area contributed by atoms with Crippen molar-refractivity contribution in [3.05, 3.63) is 57.0 Å². The van der Waals surface area contributed by atoms with Gasteiger partial charge in [-0.15, -0.1) is 0 Å². The Labute approximate surface area is 159 Å². The summed E-state index contributed by atoms with van der Waals surface area (Å²) in [4.78, 5) is 12.2. The molecule has 5 nitrogen and oxygen atoms in total. The number of rotatable bonds is 5. The van der Waals surface area contributed by atoms with E-state index < -0.39 is 6.10 Å². The predicted molar refractivity (Wildman–Crippen MR) is 98.3 cm³/mol. The van der Waals surface area contributed by atoms with Crippen LogP contribution in [0.15, 0.2) is 40.9 Å². The molecule has 1 aliphatic heterocycles. The van der Waals surface area contributed by atoms with Crippen molar-refractivity contribution in [2.75, 3.05) is 19.8 Å². The van der Waals surface area contributed by atoms with Crippen LogP contribution in [0.1, 0.15) is 17.2 Å². The molecule has 3 rings (SSSR count). The van der Waals surface area contributed by atoms with Gasteiger partial charge in [0.2, 0.25) is 5.91 Å². The second-order valence-electron chi connectivity index (χ2n) is 5.64. The number of hydrogen-bond donors (Lipinski definition) is 2. The Hall–Kier alpha value is -1.76. The van der Waals surface area contributed by atoms with Crippen LogP contribution in [0.2, 0.25) is 5.02 Å². The second-order valence-corrected chi connectivity index (χ2v) is 6.93. The van der Waals surface area contributed by atoms with E-state index in [0.29, 0.717) is 35.3 Å². The van der Waals surface area contributed by atoms with E-state index in [-0.39, 0.29) is 18.9 Å². The Balaban J connectivity index is 1.58. The summed E-state index contributed by atoms with van der Waals surface area (Å²) < 4.78 is 11.8. The van der Waals surface area contributed by atoms with Gasteiger partial charge in [-0.3, -0.25) is 4.79 Å². The van der Waals surface area contributed by atoms with Gasteiger partial charge in [0.15, 0.2) is 11.5 Å². The van der Waals surface area contributed by atoms with E-state index in [1.807, 2.05) is 0 Å². The standard InChI is InChI=1S/C18H17BrClNO4/c19-14-9-17-16(24-5-6-25-17)7-12(14)8-18(23)21-10-15(22)11-1-3-13(20)4-2-11/h1-4,7,9,15,22H,5-6,8,10H2,(H,21,23). The molecule has 0 saturated heterocycles. The molecule has 25 heavy (non-hydrogen) atoms. The average Bonchev–Trinajstić information content (AvgIpc) is 2.61. The maximum Gasteiger partial charge on any atom is 0.224 e. The summed E-state index contributed by atoms with van der Waals surface area (Å²) in [6.07, 6.45) is -0.616. The summed E-state index contributed by atoms with van der Waals surface area (Å²) in [5, 5.41) is 13.5. The minimum atomic E-state index is -0.787. The van der Waals surface area contributed by atoms with Gasteiger partial charge in [-0.05, 0) is 35.4 Å². The number of carbonyl (C=O) groups is 1. The first-order valence-corrected chi connectivity index (χ1v) is 8.98. The zero-order valence-electron chi connectivity index (χ0n) is 13.3. The summed E-state index contributed by atoms with van der Waals surface area (Å²) in [5.41, 5.74) is 1.49. The number of amides is 1. The highest BCUT2D eigenvalue weighted by atomic mass is 79.9. The summed E-state index contributed by atoms with van der Waals surface area (Å²) in [5.74, 6) is 1.12. The predicted octanol–water partition coefficient (Wildman–Crippen LogP) is 3.27. The van der Waals surface area contributed by atoms with Crippen molar-refractivity contribution in [1.29, 1.82) is 0 Å². The maximum absolute atomic E-state index is 12.2. The van der Waals surface area contributed by atoms with Crippen LogP contribution in [0.5, 0.6) is 11.5 Å². The fraction of sp³-hybridized carbons (Fsp3) is 0.278. The number of fused-ring (bicyclic) bond motifs is 1. The van der Waals surface area contributed by atoms with E-state index >= 15 is 0 Å². The number of carbonyl (C=O) groups excluding carboxylic acids is 1. The van der Waals surface area contributed by atoms with Crippen molar-refractivity contribution < 1.29 is 19.4 Å². The second kappa shape index (κ2) is 8.08. The lowest BCUT2D eigenvalue weighted by Crippen LogP contribution is -2.29. The molecule has 1 aliphatic rings. The van der Waals surface area contributed by atoms with Crippen LogP contribution in [-0.2, 0) is 11.2 Å². The van der Waals surface area contributed by atoms with Crippen molar-refractivity contribution in [1.82, 2.24) is 5.32 Å². The van der Waals surface area contributed by atoms with Gasteiger partial charge in [-0.1, -0.05) is 39.7 Å². The molecular formula is C18H17BrClNO4. The van der Waals surface area contributed by atoms with Crippen LogP contribution >= 0.6 is 27.5 Å². The number of aliphatic hydroxyl groups excluding tert-OH is 1. The minimum absolute atomic E-state index is 0.128. The molecule has 2 aromatic rings. The molecule has 132 valence electrons. The molecule has 0 saturated carbocycles. The molecule has 2 N–H and O–H groups in total. The molecule has 1 heterocycles. The quantitative estimate of drug-likeness (QED) is 0.770. The van der Waals surface area contributed by atoms with Crippen LogP contribution in [0.4, 0.5) is 0 Å². The smallest absolute Gasteiger partial charge is 0.224 e. The lowest BCUT2D eigenvalue weighted by atomic mass is 10.1. The van der Waals surface area contributed by atoms with E-state index in [9.17, 15) is 9.90 Å². The lowest BCUT2D eigenvalue weighted by molar-refractivity contribution is -0.120. The number of benzene rings is 2. The Morgan fingerprint density at radius 1 is 1.20 bits per heavy atom. The number of hydrogen-bond acceptors (Lipinski definition) is 4. The summed E-state index contributed by atoms with van der Waals surface area (Å²) in [7, 11) is 0.